The van der Waals surface area contributed by atoms with Gasteiger partial charge in [0.15, 0.2) is 0 Å². The van der Waals surface area contributed by atoms with Crippen LogP contribution in [-0.2, 0) is 9.53 Å². The van der Waals surface area contributed by atoms with Crippen molar-refractivity contribution in [3.8, 4) is 0 Å². The third-order valence-electron chi connectivity index (χ3n) is 2.53. The number of rotatable bonds is 6. The summed E-state index contributed by atoms with van der Waals surface area (Å²) in [6, 6.07) is 6.68. The molecule has 1 rings (SSSR count). The summed E-state index contributed by atoms with van der Waals surface area (Å²) >= 11 is 0. The zero-order chi connectivity index (χ0) is 15.0. The van der Waals surface area contributed by atoms with Gasteiger partial charge in [0.1, 0.15) is 0 Å². The maximum absolute atomic E-state index is 11.8. The van der Waals surface area contributed by atoms with Gasteiger partial charge in [-0.05, 0) is 23.8 Å². The number of carboxylic acids is 1. The minimum Gasteiger partial charge on any atom is -0.478 e. The second kappa shape index (κ2) is 7.96. The molecule has 0 aliphatic heterocycles. The highest BCUT2D eigenvalue weighted by Gasteiger charge is 2.08. The predicted octanol–water partition coefficient (Wildman–Crippen LogP) is 1.89. The molecule has 0 unspecified atom stereocenters. The summed E-state index contributed by atoms with van der Waals surface area (Å²) in [5, 5.41) is 11.3. The van der Waals surface area contributed by atoms with Crippen LogP contribution >= 0.6 is 0 Å². The molecule has 0 radical (unpaired) electrons. The number of carbonyl (C=O) groups excluding carboxylic acids is 1. The van der Waals surface area contributed by atoms with E-state index < -0.39 is 5.97 Å². The molecule has 6 nitrogen and oxygen atoms in total. The fourth-order valence-corrected chi connectivity index (χ4v) is 1.44. The van der Waals surface area contributed by atoms with Crippen molar-refractivity contribution in [2.75, 3.05) is 32.6 Å². The summed E-state index contributed by atoms with van der Waals surface area (Å²) in [6.45, 7) is 0.951. The number of benzene rings is 1. The minimum absolute atomic E-state index is 0.249. The average Bonchev–Trinajstić information content (AvgIpc) is 2.42. The van der Waals surface area contributed by atoms with Crippen LogP contribution in [-0.4, -0.2) is 49.3 Å². The molecule has 0 fully saturated rings. The Balaban J connectivity index is 2.66. The Morgan fingerprint density at radius 1 is 1.45 bits per heavy atom. The van der Waals surface area contributed by atoms with E-state index in [1.165, 1.54) is 11.0 Å². The number of carboxylic acid groups (broad SMARTS) is 1. The minimum atomic E-state index is -1.02. The van der Waals surface area contributed by atoms with E-state index in [9.17, 15) is 9.59 Å². The molecule has 6 heteroatoms. The predicted molar refractivity (Wildman–Crippen MR) is 76.6 cm³/mol. The van der Waals surface area contributed by atoms with E-state index in [2.05, 4.69) is 5.32 Å². The monoisotopic (exact) mass is 278 g/mol. The Bertz CT molecular complexity index is 500. The third-order valence-corrected chi connectivity index (χ3v) is 2.53. The lowest BCUT2D eigenvalue weighted by molar-refractivity contribution is -0.131. The lowest BCUT2D eigenvalue weighted by atomic mass is 10.2. The van der Waals surface area contributed by atoms with Crippen LogP contribution in [0.25, 0.3) is 6.08 Å². The molecule has 0 aliphatic rings. The van der Waals surface area contributed by atoms with Crippen LogP contribution in [0.2, 0.25) is 0 Å². The molecular weight excluding hydrogens is 260 g/mol. The van der Waals surface area contributed by atoms with Gasteiger partial charge < -0.3 is 20.1 Å². The van der Waals surface area contributed by atoms with Crippen molar-refractivity contribution >= 4 is 23.8 Å². The Morgan fingerprint density at radius 3 is 2.85 bits per heavy atom. The Hall–Kier alpha value is -2.34. The number of aliphatic carboxylic acids is 1. The summed E-state index contributed by atoms with van der Waals surface area (Å²) in [4.78, 5) is 23.8. The van der Waals surface area contributed by atoms with Gasteiger partial charge in [0, 0.05) is 32.5 Å². The molecule has 1 aromatic rings. The van der Waals surface area contributed by atoms with Crippen molar-refractivity contribution in [1.82, 2.24) is 4.90 Å². The maximum Gasteiger partial charge on any atom is 0.328 e. The lowest BCUT2D eigenvalue weighted by Crippen LogP contribution is -2.33. The average molecular weight is 278 g/mol. The van der Waals surface area contributed by atoms with Gasteiger partial charge in [0.05, 0.1) is 6.61 Å². The molecule has 0 aliphatic carbocycles. The Labute approximate surface area is 117 Å². The Kier molecular flexibility index (Phi) is 6.25. The highest BCUT2D eigenvalue weighted by atomic mass is 16.5. The number of urea groups is 1. The highest BCUT2D eigenvalue weighted by Crippen LogP contribution is 2.12. The van der Waals surface area contributed by atoms with Gasteiger partial charge >= 0.3 is 12.0 Å². The number of carbonyl (C=O) groups is 2. The van der Waals surface area contributed by atoms with Crippen LogP contribution in [0.15, 0.2) is 30.3 Å². The first kappa shape index (κ1) is 15.7. The molecule has 20 heavy (non-hydrogen) atoms. The molecule has 0 saturated carbocycles. The maximum atomic E-state index is 11.8. The fraction of sp³-hybridized carbons (Fsp3) is 0.286. The van der Waals surface area contributed by atoms with Crippen molar-refractivity contribution < 1.29 is 19.4 Å². The summed E-state index contributed by atoms with van der Waals surface area (Å²) in [5.41, 5.74) is 1.30. The van der Waals surface area contributed by atoms with E-state index >= 15 is 0 Å². The number of methoxy groups -OCH3 is 1. The number of likely N-dealkylation sites (N-methyl/N-ethyl adjacent to an activating group) is 1. The zero-order valence-electron chi connectivity index (χ0n) is 11.5. The molecule has 0 spiro atoms. The van der Waals surface area contributed by atoms with Crippen LogP contribution in [0, 0.1) is 0 Å². The summed E-state index contributed by atoms with van der Waals surface area (Å²) in [5.74, 6) is -1.02. The second-order valence-electron chi connectivity index (χ2n) is 4.14. The third kappa shape index (κ3) is 5.53. The number of hydrogen-bond donors (Lipinski definition) is 2. The molecule has 0 bridgehead atoms. The first-order valence-corrected chi connectivity index (χ1v) is 6.05. The fourth-order valence-electron chi connectivity index (χ4n) is 1.44. The number of ether oxygens (including phenoxy) is 1. The summed E-state index contributed by atoms with van der Waals surface area (Å²) < 4.78 is 4.90. The summed E-state index contributed by atoms with van der Waals surface area (Å²) in [6.07, 6.45) is 2.51. The Morgan fingerprint density at radius 2 is 2.20 bits per heavy atom. The van der Waals surface area contributed by atoms with Crippen molar-refractivity contribution in [1.29, 1.82) is 0 Å². The molecule has 108 valence electrons. The first-order chi connectivity index (χ1) is 9.52. The van der Waals surface area contributed by atoms with Crippen molar-refractivity contribution in [3.05, 3.63) is 35.9 Å². The second-order valence-corrected chi connectivity index (χ2v) is 4.14. The quantitative estimate of drug-likeness (QED) is 0.779. The molecule has 0 saturated heterocycles. The van der Waals surface area contributed by atoms with Gasteiger partial charge in [0.25, 0.3) is 0 Å². The SMILES string of the molecule is COCCN(C)C(=O)Nc1cccc(/C=C/C(=O)O)c1. The van der Waals surface area contributed by atoms with Crippen LogP contribution < -0.4 is 5.32 Å². The topological polar surface area (TPSA) is 78.9 Å². The van der Waals surface area contributed by atoms with Crippen molar-refractivity contribution in [2.45, 2.75) is 0 Å². The number of hydrogen-bond acceptors (Lipinski definition) is 3. The van der Waals surface area contributed by atoms with E-state index in [-0.39, 0.29) is 6.03 Å². The zero-order valence-corrected chi connectivity index (χ0v) is 11.5. The standard InChI is InChI=1S/C14H18N2O4/c1-16(8-9-20-2)14(19)15-12-5-3-4-11(10-12)6-7-13(17)18/h3-7,10H,8-9H2,1-2H3,(H,15,19)(H,17,18)/b7-6+. The van der Waals surface area contributed by atoms with Crippen LogP contribution in [0.5, 0.6) is 0 Å². The lowest BCUT2D eigenvalue weighted by Gasteiger charge is -2.17. The molecule has 0 aromatic heterocycles. The van der Waals surface area contributed by atoms with Gasteiger partial charge in [-0.2, -0.15) is 0 Å². The van der Waals surface area contributed by atoms with Gasteiger partial charge in [-0.15, -0.1) is 0 Å². The highest BCUT2D eigenvalue weighted by molar-refractivity contribution is 5.90. The molecule has 2 N–H and O–H groups in total. The molecule has 2 amide bonds. The largest absolute Gasteiger partial charge is 0.478 e. The van der Waals surface area contributed by atoms with Gasteiger partial charge in [0.2, 0.25) is 0 Å². The van der Waals surface area contributed by atoms with E-state index in [4.69, 9.17) is 9.84 Å². The molecule has 0 heterocycles. The van der Waals surface area contributed by atoms with Crippen LogP contribution in [0.4, 0.5) is 10.5 Å². The number of nitrogens with zero attached hydrogens (tertiary/aromatic N) is 1. The number of amides is 2. The number of nitrogens with one attached hydrogen (secondary N) is 1. The van der Waals surface area contributed by atoms with Crippen molar-refractivity contribution in [2.24, 2.45) is 0 Å². The smallest absolute Gasteiger partial charge is 0.328 e. The van der Waals surface area contributed by atoms with E-state index in [1.807, 2.05) is 0 Å². The summed E-state index contributed by atoms with van der Waals surface area (Å²) in [7, 11) is 3.24. The van der Waals surface area contributed by atoms with E-state index in [0.29, 0.717) is 24.4 Å². The van der Waals surface area contributed by atoms with E-state index in [0.717, 1.165) is 6.08 Å². The van der Waals surface area contributed by atoms with Gasteiger partial charge in [-0.3, -0.25) is 0 Å². The van der Waals surface area contributed by atoms with Gasteiger partial charge in [-0.1, -0.05) is 12.1 Å². The first-order valence-electron chi connectivity index (χ1n) is 6.05. The normalized spacial score (nSPS) is 10.5. The van der Waals surface area contributed by atoms with Crippen LogP contribution in [0.3, 0.4) is 0 Å². The van der Waals surface area contributed by atoms with E-state index in [1.54, 1.807) is 38.4 Å². The van der Waals surface area contributed by atoms with Crippen LogP contribution in [0.1, 0.15) is 5.56 Å². The molecule has 0 atom stereocenters. The molecule has 1 aromatic carbocycles. The van der Waals surface area contributed by atoms with Crippen molar-refractivity contribution in [3.63, 3.8) is 0 Å². The number of anilines is 1. The molecular formula is C14H18N2O4. The van der Waals surface area contributed by atoms with Gasteiger partial charge in [-0.25, -0.2) is 9.59 Å².